The monoisotopic (exact) mass is 710 g/mol. The first kappa shape index (κ1) is 39.8. The van der Waals surface area contributed by atoms with Crippen LogP contribution in [0.15, 0.2) is 83.0 Å². The molecular weight excluding hydrogens is 653 g/mol. The van der Waals surface area contributed by atoms with E-state index in [2.05, 4.69) is 26.5 Å². The topological polar surface area (TPSA) is 150 Å². The molecule has 1 spiro atoms. The average Bonchev–Trinajstić information content (AvgIpc) is 3.34. The van der Waals surface area contributed by atoms with Crippen molar-refractivity contribution < 1.29 is 25.2 Å². The summed E-state index contributed by atoms with van der Waals surface area (Å²) in [7, 11) is 3.48. The summed E-state index contributed by atoms with van der Waals surface area (Å²) in [6.45, 7) is 9.98. The lowest BCUT2D eigenvalue weighted by atomic mass is 9.49. The number of allylic oxidation sites excluding steroid dienone is 8. The van der Waals surface area contributed by atoms with Crippen LogP contribution in [0.3, 0.4) is 0 Å². The summed E-state index contributed by atoms with van der Waals surface area (Å²) in [5.74, 6) is 0.819. The van der Waals surface area contributed by atoms with Crippen LogP contribution < -0.4 is 11.5 Å². The molecule has 7 nitrogen and oxygen atoms in total. The molecule has 2 bridgehead atoms. The molecular formula is C40H58N2O5S2. The van der Waals surface area contributed by atoms with E-state index in [1.165, 1.54) is 5.57 Å². The van der Waals surface area contributed by atoms with Gasteiger partial charge in [-0.2, -0.15) is 0 Å². The van der Waals surface area contributed by atoms with Gasteiger partial charge in [0, 0.05) is 35.9 Å². The van der Waals surface area contributed by atoms with Crippen LogP contribution in [-0.4, -0.2) is 62.6 Å². The van der Waals surface area contributed by atoms with Crippen LogP contribution >= 0.6 is 21.6 Å². The van der Waals surface area contributed by atoms with Crippen molar-refractivity contribution in [1.29, 1.82) is 0 Å². The van der Waals surface area contributed by atoms with Crippen molar-refractivity contribution >= 4 is 27.4 Å². The Kier molecular flexibility index (Phi) is 14.6. The van der Waals surface area contributed by atoms with Crippen LogP contribution in [0.1, 0.15) is 89.4 Å². The number of fused-ring (bicyclic) bond motifs is 1. The summed E-state index contributed by atoms with van der Waals surface area (Å²) < 4.78 is 0. The zero-order chi connectivity index (χ0) is 35.8. The molecule has 1 aromatic rings. The molecule has 3 aliphatic rings. The van der Waals surface area contributed by atoms with Crippen LogP contribution in [0.2, 0.25) is 0 Å². The van der Waals surface area contributed by atoms with Crippen LogP contribution in [0.25, 0.3) is 0 Å². The van der Waals surface area contributed by atoms with Crippen molar-refractivity contribution in [3.05, 3.63) is 94.1 Å². The molecule has 1 heterocycles. The van der Waals surface area contributed by atoms with Gasteiger partial charge in [0.15, 0.2) is 5.78 Å². The molecule has 2 saturated carbocycles. The van der Waals surface area contributed by atoms with Crippen LogP contribution in [0.4, 0.5) is 0 Å². The molecule has 0 radical (unpaired) electrons. The molecule has 1 aromatic carbocycles. The van der Waals surface area contributed by atoms with Gasteiger partial charge in [-0.05, 0) is 106 Å². The minimum Gasteiger partial charge on any atom is -0.396 e. The summed E-state index contributed by atoms with van der Waals surface area (Å²) >= 11 is 0. The van der Waals surface area contributed by atoms with Gasteiger partial charge in [0.25, 0.3) is 0 Å². The molecule has 0 saturated heterocycles. The first-order valence-corrected chi connectivity index (χ1v) is 20.3. The van der Waals surface area contributed by atoms with E-state index in [4.69, 9.17) is 11.5 Å². The van der Waals surface area contributed by atoms with Gasteiger partial charge >= 0.3 is 0 Å². The van der Waals surface area contributed by atoms with E-state index in [0.29, 0.717) is 38.5 Å². The second kappa shape index (κ2) is 18.0. The molecule has 0 unspecified atom stereocenters. The Labute approximate surface area is 301 Å². The van der Waals surface area contributed by atoms with E-state index in [9.17, 15) is 25.2 Å². The molecule has 49 heavy (non-hydrogen) atoms. The fourth-order valence-electron chi connectivity index (χ4n) is 8.76. The van der Waals surface area contributed by atoms with E-state index in [1.807, 2.05) is 49.4 Å². The van der Waals surface area contributed by atoms with Crippen molar-refractivity contribution in [1.82, 2.24) is 0 Å². The first-order chi connectivity index (χ1) is 23.4. The van der Waals surface area contributed by atoms with Gasteiger partial charge in [-0.1, -0.05) is 93.5 Å². The molecule has 0 amide bonds. The van der Waals surface area contributed by atoms with Crippen molar-refractivity contribution in [3.63, 3.8) is 0 Å². The predicted molar refractivity (Wildman–Crippen MR) is 205 cm³/mol. The van der Waals surface area contributed by atoms with Gasteiger partial charge in [-0.15, -0.1) is 0 Å². The van der Waals surface area contributed by atoms with Gasteiger partial charge in [0.2, 0.25) is 0 Å². The molecule has 270 valence electrons. The number of Topliss-reactive ketones (excluding diaryl/α,β-unsaturated/α-hetero) is 1. The third-order valence-corrected chi connectivity index (χ3v) is 13.6. The average molecular weight is 711 g/mol. The summed E-state index contributed by atoms with van der Waals surface area (Å²) in [6, 6.07) is 7.56. The summed E-state index contributed by atoms with van der Waals surface area (Å²) in [6.07, 6.45) is 11.6. The number of carbonyl (C=O) groups excluding carboxylic acids is 1. The lowest BCUT2D eigenvalue weighted by Crippen LogP contribution is -2.62. The fraction of sp³-hybridized carbons (Fsp3) is 0.575. The normalized spacial score (nSPS) is 30.8. The summed E-state index contributed by atoms with van der Waals surface area (Å²) in [4.78, 5) is 14.3. The minimum atomic E-state index is -1.23. The van der Waals surface area contributed by atoms with Crippen LogP contribution in [0.5, 0.6) is 0 Å². The Morgan fingerprint density at radius 2 is 1.96 bits per heavy atom. The molecule has 1 aliphatic heterocycles. The summed E-state index contributed by atoms with van der Waals surface area (Å²) in [5.41, 5.74) is 16.1. The fourth-order valence-corrected chi connectivity index (χ4v) is 11.2. The van der Waals surface area contributed by atoms with E-state index in [-0.39, 0.29) is 43.2 Å². The Morgan fingerprint density at radius 1 is 1.18 bits per heavy atom. The van der Waals surface area contributed by atoms with Gasteiger partial charge in [0.05, 0.1) is 24.5 Å². The largest absolute Gasteiger partial charge is 0.396 e. The first-order valence-electron chi connectivity index (χ1n) is 17.8. The zero-order valence-corrected chi connectivity index (χ0v) is 31.2. The Balaban J connectivity index is 1.77. The van der Waals surface area contributed by atoms with E-state index >= 15 is 0 Å². The lowest BCUT2D eigenvalue weighted by Gasteiger charge is -2.58. The van der Waals surface area contributed by atoms with Gasteiger partial charge < -0.3 is 31.9 Å². The molecule has 6 atom stereocenters. The van der Waals surface area contributed by atoms with Gasteiger partial charge in [0.1, 0.15) is 0 Å². The molecule has 0 aromatic heterocycles. The highest BCUT2D eigenvalue weighted by Gasteiger charge is 2.68. The third-order valence-electron chi connectivity index (χ3n) is 11.1. The number of hydrogen-bond acceptors (Lipinski definition) is 9. The van der Waals surface area contributed by atoms with Crippen molar-refractivity contribution in [2.24, 2.45) is 34.6 Å². The maximum atomic E-state index is 14.3. The van der Waals surface area contributed by atoms with Crippen LogP contribution in [-0.2, 0) is 11.2 Å². The maximum absolute atomic E-state index is 14.3. The highest BCUT2D eigenvalue weighted by atomic mass is 33.1. The van der Waals surface area contributed by atoms with Crippen LogP contribution in [0, 0.1) is 23.2 Å². The molecule has 9 heteroatoms. The molecule has 2 aliphatic carbocycles. The lowest BCUT2D eigenvalue weighted by molar-refractivity contribution is -0.184. The Hall–Kier alpha value is -1.95. The van der Waals surface area contributed by atoms with Gasteiger partial charge in [-0.25, -0.2) is 0 Å². The predicted octanol–water partition coefficient (Wildman–Crippen LogP) is 6.49. The number of benzene rings is 1. The zero-order valence-electron chi connectivity index (χ0n) is 29.6. The number of hydrogen-bond donors (Lipinski definition) is 6. The number of aliphatic hydroxyl groups excluding tert-OH is 3. The third kappa shape index (κ3) is 9.11. The quantitative estimate of drug-likeness (QED) is 0.0551. The Morgan fingerprint density at radius 3 is 2.65 bits per heavy atom. The SMILES string of the molecule is C=C(/C=C\C=C(\CO)[C@H]1C[C@H]2CSSCC/C(C(=O)Cc3cccc(C(N)N)c3)=C3/CC[C@@](C)(O)[C@]2([C@@H]3CCCO)[C@@H]1O)CCC=C(C)C. The van der Waals surface area contributed by atoms with Gasteiger partial charge in [-0.3, -0.25) is 4.79 Å². The van der Waals surface area contributed by atoms with Crippen molar-refractivity contribution in [2.45, 2.75) is 96.4 Å². The molecule has 8 N–H and O–H groups in total. The summed E-state index contributed by atoms with van der Waals surface area (Å²) in [5, 5.41) is 45.8. The Bertz CT molecular complexity index is 1440. The second-order valence-electron chi connectivity index (χ2n) is 14.6. The number of aliphatic hydroxyl groups is 4. The number of rotatable bonds is 14. The highest BCUT2D eigenvalue weighted by Crippen LogP contribution is 2.66. The number of nitrogens with two attached hydrogens (primary N) is 2. The van der Waals surface area contributed by atoms with Crippen molar-refractivity contribution in [2.75, 3.05) is 24.7 Å². The highest BCUT2D eigenvalue weighted by molar-refractivity contribution is 8.76. The standard InChI is InChI=1S/C40H58N2O5S2/c1-26(2)9-5-10-27(3)11-6-14-30(24-44)34-23-31-25-49-48-20-17-33(36(45)22-28-12-7-13-29(21-28)38(41)42)32-16-18-39(4,47)40(31,37(34)46)35(32)15-8-19-43/h6-7,9,11-14,21,31,34-35,37-38,43-44,46-47H,3,5,8,10,15-20,22-25,41-42H2,1-2,4H3/b11-6-,30-14-,33-32+/t31-,34+,35+,37+,39+,40+/m0/s1. The van der Waals surface area contributed by atoms with E-state index in [1.54, 1.807) is 21.6 Å². The van der Waals surface area contributed by atoms with Crippen molar-refractivity contribution in [3.8, 4) is 0 Å². The van der Waals surface area contributed by atoms with E-state index < -0.39 is 23.3 Å². The minimum absolute atomic E-state index is 0.0176. The van der Waals surface area contributed by atoms with E-state index in [0.717, 1.165) is 57.8 Å². The number of ketones is 1. The second-order valence-corrected chi connectivity index (χ2v) is 17.2. The maximum Gasteiger partial charge on any atom is 0.163 e. The number of carbonyl (C=O) groups is 1. The molecule has 2 fully saturated rings. The smallest absolute Gasteiger partial charge is 0.163 e. The molecule has 4 rings (SSSR count).